The summed E-state index contributed by atoms with van der Waals surface area (Å²) in [5.41, 5.74) is 3.22. The van der Waals surface area contributed by atoms with Gasteiger partial charge in [0, 0.05) is 10.6 Å². The zero-order chi connectivity index (χ0) is 13.3. The number of nitrogens with zero attached hydrogens (tertiary/aromatic N) is 2. The van der Waals surface area contributed by atoms with E-state index in [1.165, 1.54) is 0 Å². The fraction of sp³-hybridized carbons (Fsp3) is 0.357. The minimum atomic E-state index is 0.380. The summed E-state index contributed by atoms with van der Waals surface area (Å²) in [5, 5.41) is 5.96. The molecular formula is C14H16Cl2N2. The molecule has 0 aliphatic heterocycles. The summed E-state index contributed by atoms with van der Waals surface area (Å²) in [4.78, 5) is 0. The minimum absolute atomic E-state index is 0.380. The van der Waals surface area contributed by atoms with E-state index in [9.17, 15) is 0 Å². The number of rotatable bonds is 3. The minimum Gasteiger partial charge on any atom is -0.249 e. The van der Waals surface area contributed by atoms with E-state index in [1.807, 2.05) is 35.9 Å². The largest absolute Gasteiger partial charge is 0.249 e. The first-order valence-electron chi connectivity index (χ1n) is 5.96. The molecule has 0 aliphatic rings. The maximum Gasteiger partial charge on any atom is 0.131 e. The van der Waals surface area contributed by atoms with Crippen molar-refractivity contribution in [3.8, 4) is 0 Å². The van der Waals surface area contributed by atoms with Gasteiger partial charge in [0.1, 0.15) is 5.15 Å². The Hall–Kier alpha value is -0.990. The Labute approximate surface area is 118 Å². The molecule has 0 N–H and O–H groups in total. The summed E-state index contributed by atoms with van der Waals surface area (Å²) in [6.07, 6.45) is 0. The van der Waals surface area contributed by atoms with E-state index in [0.717, 1.165) is 27.0 Å². The topological polar surface area (TPSA) is 17.8 Å². The second-order valence-electron chi connectivity index (χ2n) is 4.73. The second-order valence-corrected chi connectivity index (χ2v) is 5.53. The lowest BCUT2D eigenvalue weighted by Crippen LogP contribution is -2.02. The molecule has 0 amide bonds. The van der Waals surface area contributed by atoms with Crippen LogP contribution in [0.4, 0.5) is 0 Å². The standard InChI is InChI=1S/C14H16Cl2N2/c1-9(2)13-10(3)17-18(14(13)16)8-11-5-4-6-12(15)7-11/h4-7,9H,8H2,1-3H3. The van der Waals surface area contributed by atoms with Gasteiger partial charge in [-0.1, -0.05) is 49.2 Å². The summed E-state index contributed by atoms with van der Waals surface area (Å²) in [5.74, 6) is 0.380. The van der Waals surface area contributed by atoms with Crippen LogP contribution in [0.2, 0.25) is 10.2 Å². The van der Waals surface area contributed by atoms with Crippen LogP contribution >= 0.6 is 23.2 Å². The van der Waals surface area contributed by atoms with Gasteiger partial charge in [-0.05, 0) is 30.5 Å². The zero-order valence-corrected chi connectivity index (χ0v) is 12.3. The highest BCUT2D eigenvalue weighted by Gasteiger charge is 2.16. The zero-order valence-electron chi connectivity index (χ0n) is 10.7. The Balaban J connectivity index is 2.33. The molecule has 2 aromatic rings. The van der Waals surface area contributed by atoms with E-state index >= 15 is 0 Å². The average Bonchev–Trinajstić information content (AvgIpc) is 2.54. The molecule has 1 aromatic heterocycles. The Kier molecular flexibility index (Phi) is 3.98. The van der Waals surface area contributed by atoms with E-state index < -0.39 is 0 Å². The lowest BCUT2D eigenvalue weighted by molar-refractivity contribution is 0.680. The van der Waals surface area contributed by atoms with Gasteiger partial charge >= 0.3 is 0 Å². The second kappa shape index (κ2) is 5.33. The van der Waals surface area contributed by atoms with Gasteiger partial charge in [-0.2, -0.15) is 5.10 Å². The molecule has 0 fully saturated rings. The van der Waals surface area contributed by atoms with Crippen molar-refractivity contribution >= 4 is 23.2 Å². The maximum atomic E-state index is 6.38. The molecule has 0 bridgehead atoms. The molecule has 1 heterocycles. The number of hydrogen-bond acceptors (Lipinski definition) is 1. The summed E-state index contributed by atoms with van der Waals surface area (Å²) >= 11 is 12.4. The molecule has 0 saturated carbocycles. The molecule has 0 spiro atoms. The molecule has 18 heavy (non-hydrogen) atoms. The average molecular weight is 283 g/mol. The van der Waals surface area contributed by atoms with Crippen molar-refractivity contribution in [3.63, 3.8) is 0 Å². The highest BCUT2D eigenvalue weighted by Crippen LogP contribution is 2.28. The number of hydrogen-bond donors (Lipinski definition) is 0. The first-order valence-corrected chi connectivity index (χ1v) is 6.72. The number of aromatic nitrogens is 2. The van der Waals surface area contributed by atoms with Gasteiger partial charge in [0.2, 0.25) is 0 Å². The molecule has 2 rings (SSSR count). The van der Waals surface area contributed by atoms with Crippen molar-refractivity contribution in [1.29, 1.82) is 0 Å². The molecule has 0 aliphatic carbocycles. The quantitative estimate of drug-likeness (QED) is 0.800. The van der Waals surface area contributed by atoms with E-state index in [0.29, 0.717) is 12.5 Å². The smallest absolute Gasteiger partial charge is 0.131 e. The normalized spacial score (nSPS) is 11.2. The van der Waals surface area contributed by atoms with E-state index in [2.05, 4.69) is 18.9 Å². The van der Waals surface area contributed by atoms with Gasteiger partial charge in [0.05, 0.1) is 12.2 Å². The van der Waals surface area contributed by atoms with Gasteiger partial charge in [-0.15, -0.1) is 0 Å². The van der Waals surface area contributed by atoms with Crippen molar-refractivity contribution in [2.45, 2.75) is 33.2 Å². The van der Waals surface area contributed by atoms with Crippen LogP contribution < -0.4 is 0 Å². The van der Waals surface area contributed by atoms with E-state index in [-0.39, 0.29) is 0 Å². The molecular weight excluding hydrogens is 267 g/mol. The maximum absolute atomic E-state index is 6.38. The third-order valence-electron chi connectivity index (χ3n) is 2.91. The van der Waals surface area contributed by atoms with Crippen LogP contribution in [-0.2, 0) is 6.54 Å². The third-order valence-corrected chi connectivity index (χ3v) is 3.54. The molecule has 0 radical (unpaired) electrons. The van der Waals surface area contributed by atoms with Crippen LogP contribution in [-0.4, -0.2) is 9.78 Å². The number of halogens is 2. The monoisotopic (exact) mass is 282 g/mol. The van der Waals surface area contributed by atoms with Crippen molar-refractivity contribution in [3.05, 3.63) is 51.3 Å². The van der Waals surface area contributed by atoms with Crippen LogP contribution in [0.5, 0.6) is 0 Å². The van der Waals surface area contributed by atoms with E-state index in [4.69, 9.17) is 23.2 Å². The predicted molar refractivity (Wildman–Crippen MR) is 76.6 cm³/mol. The summed E-state index contributed by atoms with van der Waals surface area (Å²) in [7, 11) is 0. The van der Waals surface area contributed by atoms with Gasteiger partial charge < -0.3 is 0 Å². The first-order chi connectivity index (χ1) is 8.49. The van der Waals surface area contributed by atoms with Gasteiger partial charge in [0.25, 0.3) is 0 Å². The first kappa shape index (κ1) is 13.4. The van der Waals surface area contributed by atoms with Gasteiger partial charge in [-0.25, -0.2) is 4.68 Å². The van der Waals surface area contributed by atoms with Crippen LogP contribution in [0.1, 0.15) is 36.6 Å². The van der Waals surface area contributed by atoms with Crippen LogP contribution in [0, 0.1) is 6.92 Å². The molecule has 0 unspecified atom stereocenters. The van der Waals surface area contributed by atoms with Gasteiger partial charge in [0.15, 0.2) is 0 Å². The Morgan fingerprint density at radius 3 is 2.56 bits per heavy atom. The van der Waals surface area contributed by atoms with E-state index in [1.54, 1.807) is 0 Å². The summed E-state index contributed by atoms with van der Waals surface area (Å²) < 4.78 is 1.83. The number of aryl methyl sites for hydroxylation is 1. The van der Waals surface area contributed by atoms with Crippen molar-refractivity contribution in [2.24, 2.45) is 0 Å². The van der Waals surface area contributed by atoms with Crippen molar-refractivity contribution in [2.75, 3.05) is 0 Å². The lowest BCUT2D eigenvalue weighted by atomic mass is 10.1. The highest BCUT2D eigenvalue weighted by molar-refractivity contribution is 6.31. The highest BCUT2D eigenvalue weighted by atomic mass is 35.5. The number of benzene rings is 1. The molecule has 4 heteroatoms. The predicted octanol–water partition coefficient (Wildman–Crippen LogP) is 4.67. The summed E-state index contributed by atoms with van der Waals surface area (Å²) in [6.45, 7) is 6.89. The molecule has 96 valence electrons. The SMILES string of the molecule is Cc1nn(Cc2cccc(Cl)c2)c(Cl)c1C(C)C. The van der Waals surface area contributed by atoms with Crippen LogP contribution in [0.15, 0.2) is 24.3 Å². The molecule has 2 nitrogen and oxygen atoms in total. The van der Waals surface area contributed by atoms with Crippen LogP contribution in [0.3, 0.4) is 0 Å². The molecule has 0 atom stereocenters. The summed E-state index contributed by atoms with van der Waals surface area (Å²) in [6, 6.07) is 7.75. The Bertz CT molecular complexity index is 559. The lowest BCUT2D eigenvalue weighted by Gasteiger charge is -2.06. The Morgan fingerprint density at radius 2 is 2.00 bits per heavy atom. The van der Waals surface area contributed by atoms with Gasteiger partial charge in [-0.3, -0.25) is 0 Å². The van der Waals surface area contributed by atoms with Crippen molar-refractivity contribution in [1.82, 2.24) is 9.78 Å². The molecule has 1 aromatic carbocycles. The molecule has 0 saturated heterocycles. The fourth-order valence-corrected chi connectivity index (χ4v) is 2.80. The Morgan fingerprint density at radius 1 is 1.28 bits per heavy atom. The van der Waals surface area contributed by atoms with Crippen molar-refractivity contribution < 1.29 is 0 Å². The fourth-order valence-electron chi connectivity index (χ4n) is 2.14. The third kappa shape index (κ3) is 2.70. The van der Waals surface area contributed by atoms with Crippen LogP contribution in [0.25, 0.3) is 0 Å².